The predicted molar refractivity (Wildman–Crippen MR) is 55.4 cm³/mol. The molecule has 5 nitrogen and oxygen atoms in total. The lowest BCUT2D eigenvalue weighted by atomic mass is 10.0. The summed E-state index contributed by atoms with van der Waals surface area (Å²) < 4.78 is 25.7. The SMILES string of the molecule is CC(C#N)S(=O)(=O)NC1(CO)CCCC1. The number of nitrogens with zero attached hydrogens (tertiary/aromatic N) is 1. The van der Waals surface area contributed by atoms with Crippen LogP contribution in [0.3, 0.4) is 0 Å². The van der Waals surface area contributed by atoms with Crippen LogP contribution in [0.2, 0.25) is 0 Å². The molecule has 0 spiro atoms. The Morgan fingerprint density at radius 2 is 2.07 bits per heavy atom. The molecule has 0 aromatic rings. The van der Waals surface area contributed by atoms with Crippen molar-refractivity contribution in [3.05, 3.63) is 0 Å². The molecule has 0 aromatic carbocycles. The molecule has 0 bridgehead atoms. The van der Waals surface area contributed by atoms with Gasteiger partial charge in [-0.2, -0.15) is 5.26 Å². The van der Waals surface area contributed by atoms with Gasteiger partial charge in [0.05, 0.1) is 18.2 Å². The molecule has 15 heavy (non-hydrogen) atoms. The van der Waals surface area contributed by atoms with Gasteiger partial charge in [0.15, 0.2) is 5.25 Å². The molecule has 1 saturated carbocycles. The fourth-order valence-corrected chi connectivity index (χ4v) is 2.99. The van der Waals surface area contributed by atoms with Gasteiger partial charge >= 0.3 is 0 Å². The molecule has 1 fully saturated rings. The standard InChI is InChI=1S/C9H16N2O3S/c1-8(6-10)15(13,14)11-9(7-12)4-2-3-5-9/h8,11-12H,2-5,7H2,1H3. The summed E-state index contributed by atoms with van der Waals surface area (Å²) in [5.41, 5.74) is -0.732. The van der Waals surface area contributed by atoms with E-state index in [-0.39, 0.29) is 6.61 Å². The van der Waals surface area contributed by atoms with Gasteiger partial charge in [-0.25, -0.2) is 13.1 Å². The third kappa shape index (κ3) is 2.68. The maximum absolute atomic E-state index is 11.6. The smallest absolute Gasteiger partial charge is 0.228 e. The zero-order valence-electron chi connectivity index (χ0n) is 8.73. The van der Waals surface area contributed by atoms with Gasteiger partial charge in [-0.15, -0.1) is 0 Å². The zero-order valence-corrected chi connectivity index (χ0v) is 9.55. The first kappa shape index (κ1) is 12.4. The molecule has 1 aliphatic carbocycles. The first-order valence-electron chi connectivity index (χ1n) is 4.99. The van der Waals surface area contributed by atoms with Crippen LogP contribution in [0, 0.1) is 11.3 Å². The molecule has 1 aliphatic rings. The molecule has 2 N–H and O–H groups in total. The highest BCUT2D eigenvalue weighted by atomic mass is 32.2. The lowest BCUT2D eigenvalue weighted by Crippen LogP contribution is -2.51. The quantitative estimate of drug-likeness (QED) is 0.720. The Labute approximate surface area is 90.2 Å². The van der Waals surface area contributed by atoms with E-state index in [1.807, 2.05) is 0 Å². The molecular weight excluding hydrogens is 216 g/mol. The number of hydrogen-bond acceptors (Lipinski definition) is 4. The van der Waals surface area contributed by atoms with Gasteiger partial charge in [-0.1, -0.05) is 12.8 Å². The van der Waals surface area contributed by atoms with Crippen molar-refractivity contribution in [1.29, 1.82) is 5.26 Å². The second-order valence-corrected chi connectivity index (χ2v) is 6.07. The van der Waals surface area contributed by atoms with Crippen molar-refractivity contribution >= 4 is 10.0 Å². The van der Waals surface area contributed by atoms with E-state index < -0.39 is 20.8 Å². The van der Waals surface area contributed by atoms with Crippen molar-refractivity contribution in [1.82, 2.24) is 4.72 Å². The molecule has 0 saturated heterocycles. The Morgan fingerprint density at radius 3 is 2.47 bits per heavy atom. The number of hydrogen-bond donors (Lipinski definition) is 2. The van der Waals surface area contributed by atoms with Crippen LogP contribution >= 0.6 is 0 Å². The summed E-state index contributed by atoms with van der Waals surface area (Å²) in [4.78, 5) is 0. The second-order valence-electron chi connectivity index (χ2n) is 4.06. The lowest BCUT2D eigenvalue weighted by molar-refractivity contribution is 0.185. The first-order valence-corrected chi connectivity index (χ1v) is 6.54. The van der Waals surface area contributed by atoms with Gasteiger partial charge < -0.3 is 5.11 Å². The molecule has 86 valence electrons. The van der Waals surface area contributed by atoms with Crippen LogP contribution in [0.5, 0.6) is 0 Å². The zero-order chi connectivity index (χ0) is 11.5. The third-order valence-corrected chi connectivity index (χ3v) is 4.62. The molecule has 0 radical (unpaired) electrons. The Bertz CT molecular complexity index is 352. The normalized spacial score (nSPS) is 22.2. The Morgan fingerprint density at radius 1 is 1.53 bits per heavy atom. The minimum absolute atomic E-state index is 0.204. The molecular formula is C9H16N2O3S. The highest BCUT2D eigenvalue weighted by Gasteiger charge is 2.38. The van der Waals surface area contributed by atoms with E-state index in [0.29, 0.717) is 12.8 Å². The van der Waals surface area contributed by atoms with Crippen LogP contribution in [0.25, 0.3) is 0 Å². The minimum atomic E-state index is -3.64. The van der Waals surface area contributed by atoms with E-state index in [1.165, 1.54) is 6.92 Å². The van der Waals surface area contributed by atoms with Gasteiger partial charge in [0.25, 0.3) is 0 Å². The fraction of sp³-hybridized carbons (Fsp3) is 0.889. The molecule has 0 aromatic heterocycles. The van der Waals surface area contributed by atoms with Crippen molar-refractivity contribution in [3.8, 4) is 6.07 Å². The van der Waals surface area contributed by atoms with Gasteiger partial charge in [-0.05, 0) is 19.8 Å². The fourth-order valence-electron chi connectivity index (χ4n) is 1.80. The van der Waals surface area contributed by atoms with E-state index in [9.17, 15) is 13.5 Å². The van der Waals surface area contributed by atoms with Crippen LogP contribution < -0.4 is 4.72 Å². The summed E-state index contributed by atoms with van der Waals surface area (Å²) in [5.74, 6) is 0. The van der Waals surface area contributed by atoms with Crippen molar-refractivity contribution in [2.75, 3.05) is 6.61 Å². The molecule has 1 atom stereocenters. The summed E-state index contributed by atoms with van der Waals surface area (Å²) >= 11 is 0. The number of nitriles is 1. The summed E-state index contributed by atoms with van der Waals surface area (Å²) in [6.07, 6.45) is 3.09. The average Bonchev–Trinajstić information content (AvgIpc) is 2.65. The largest absolute Gasteiger partial charge is 0.394 e. The van der Waals surface area contributed by atoms with E-state index in [2.05, 4.69) is 4.72 Å². The maximum Gasteiger partial charge on any atom is 0.228 e. The van der Waals surface area contributed by atoms with Gasteiger partial charge in [-0.3, -0.25) is 0 Å². The molecule has 0 heterocycles. The van der Waals surface area contributed by atoms with E-state index in [4.69, 9.17) is 5.26 Å². The first-order chi connectivity index (χ1) is 6.96. The average molecular weight is 232 g/mol. The Balaban J connectivity index is 2.80. The summed E-state index contributed by atoms with van der Waals surface area (Å²) in [5, 5.41) is 16.7. The van der Waals surface area contributed by atoms with Crippen LogP contribution in [-0.4, -0.2) is 30.9 Å². The van der Waals surface area contributed by atoms with E-state index in [0.717, 1.165) is 12.8 Å². The van der Waals surface area contributed by atoms with Gasteiger partial charge in [0.1, 0.15) is 0 Å². The van der Waals surface area contributed by atoms with Crippen molar-refractivity contribution in [3.63, 3.8) is 0 Å². The summed E-state index contributed by atoms with van der Waals surface area (Å²) in [6.45, 7) is 1.13. The van der Waals surface area contributed by atoms with E-state index in [1.54, 1.807) is 6.07 Å². The predicted octanol–water partition coefficient (Wildman–Crippen LogP) is 0.123. The molecule has 6 heteroatoms. The van der Waals surface area contributed by atoms with E-state index >= 15 is 0 Å². The summed E-state index contributed by atoms with van der Waals surface area (Å²) in [6, 6.07) is 1.69. The summed E-state index contributed by atoms with van der Waals surface area (Å²) in [7, 11) is -3.64. The molecule has 0 aliphatic heterocycles. The van der Waals surface area contributed by atoms with Gasteiger partial charge in [0.2, 0.25) is 10.0 Å². The Kier molecular flexibility index (Phi) is 3.71. The minimum Gasteiger partial charge on any atom is -0.394 e. The van der Waals surface area contributed by atoms with Crippen molar-refractivity contribution < 1.29 is 13.5 Å². The Hall–Kier alpha value is -0.640. The number of sulfonamides is 1. The van der Waals surface area contributed by atoms with Gasteiger partial charge in [0, 0.05) is 0 Å². The second kappa shape index (κ2) is 4.47. The number of nitrogens with one attached hydrogen (secondary N) is 1. The van der Waals surface area contributed by atoms with Crippen LogP contribution in [-0.2, 0) is 10.0 Å². The topological polar surface area (TPSA) is 90.2 Å². The van der Waals surface area contributed by atoms with Crippen LogP contribution in [0.4, 0.5) is 0 Å². The van der Waals surface area contributed by atoms with Crippen molar-refractivity contribution in [2.24, 2.45) is 0 Å². The van der Waals surface area contributed by atoms with Crippen LogP contribution in [0.15, 0.2) is 0 Å². The number of aliphatic hydroxyl groups excluding tert-OH is 1. The molecule has 0 amide bonds. The molecule has 1 rings (SSSR count). The number of rotatable bonds is 4. The maximum atomic E-state index is 11.6. The highest BCUT2D eigenvalue weighted by Crippen LogP contribution is 2.30. The lowest BCUT2D eigenvalue weighted by Gasteiger charge is -2.28. The van der Waals surface area contributed by atoms with Crippen molar-refractivity contribution in [2.45, 2.75) is 43.4 Å². The molecule has 1 unspecified atom stereocenters. The monoisotopic (exact) mass is 232 g/mol. The van der Waals surface area contributed by atoms with Crippen LogP contribution in [0.1, 0.15) is 32.6 Å². The third-order valence-electron chi connectivity index (χ3n) is 2.87. The number of aliphatic hydroxyl groups is 1. The highest BCUT2D eigenvalue weighted by molar-refractivity contribution is 7.90.